The van der Waals surface area contributed by atoms with E-state index in [2.05, 4.69) is 20.4 Å². The molecule has 100 valence electrons. The number of hydrazine groups is 1. The molecule has 0 aliphatic rings. The highest BCUT2D eigenvalue weighted by Gasteiger charge is 2.10. The van der Waals surface area contributed by atoms with Crippen LogP contribution in [0.3, 0.4) is 0 Å². The fourth-order valence-electron chi connectivity index (χ4n) is 1.20. The van der Waals surface area contributed by atoms with Crippen LogP contribution in [-0.2, 0) is 0 Å². The summed E-state index contributed by atoms with van der Waals surface area (Å²) in [6.45, 7) is 0. The van der Waals surface area contributed by atoms with Crippen LogP contribution < -0.4 is 20.7 Å². The Morgan fingerprint density at radius 1 is 1.16 bits per heavy atom. The van der Waals surface area contributed by atoms with Crippen LogP contribution in [0.1, 0.15) is 0 Å². The van der Waals surface area contributed by atoms with Gasteiger partial charge in [-0.3, -0.25) is 5.43 Å². The molecule has 0 aliphatic heterocycles. The van der Waals surface area contributed by atoms with E-state index in [1.165, 1.54) is 7.11 Å². The van der Waals surface area contributed by atoms with Crippen LogP contribution in [0.15, 0.2) is 18.2 Å². The number of rotatable bonds is 4. The molecule has 1 heterocycles. The second-order valence-corrected chi connectivity index (χ2v) is 4.09. The van der Waals surface area contributed by atoms with Gasteiger partial charge in [0.05, 0.1) is 12.1 Å². The number of aromatic nitrogens is 3. The Morgan fingerprint density at radius 3 is 2.53 bits per heavy atom. The molecule has 0 radical (unpaired) electrons. The standard InChI is InChI=1S/C10H9Cl2N5O2/c1-18-9-14-8(17-13)15-10(16-9)19-7-3-2-5(11)4-6(7)12/h2-4H,13H2,1H3,(H,14,15,16,17). The maximum atomic E-state index is 5.97. The van der Waals surface area contributed by atoms with Crippen LogP contribution in [0.4, 0.5) is 5.95 Å². The molecule has 2 rings (SSSR count). The molecule has 0 unspecified atom stereocenters. The minimum Gasteiger partial charge on any atom is -0.467 e. The quantitative estimate of drug-likeness (QED) is 0.660. The number of nitrogens with zero attached hydrogens (tertiary/aromatic N) is 3. The van der Waals surface area contributed by atoms with E-state index in [1.54, 1.807) is 18.2 Å². The summed E-state index contributed by atoms with van der Waals surface area (Å²) >= 11 is 11.8. The first-order valence-electron chi connectivity index (χ1n) is 5.02. The predicted molar refractivity (Wildman–Crippen MR) is 70.7 cm³/mol. The van der Waals surface area contributed by atoms with Crippen molar-refractivity contribution in [1.29, 1.82) is 0 Å². The Labute approximate surface area is 118 Å². The van der Waals surface area contributed by atoms with Gasteiger partial charge in [0, 0.05) is 5.02 Å². The lowest BCUT2D eigenvalue weighted by atomic mass is 10.3. The molecule has 0 saturated carbocycles. The average Bonchev–Trinajstić information content (AvgIpc) is 2.41. The van der Waals surface area contributed by atoms with Gasteiger partial charge in [0.15, 0.2) is 0 Å². The lowest BCUT2D eigenvalue weighted by molar-refractivity contribution is 0.360. The van der Waals surface area contributed by atoms with E-state index in [0.717, 1.165) is 0 Å². The molecule has 3 N–H and O–H groups in total. The van der Waals surface area contributed by atoms with Gasteiger partial charge in [-0.15, -0.1) is 4.98 Å². The van der Waals surface area contributed by atoms with E-state index in [-0.39, 0.29) is 18.0 Å². The number of methoxy groups -OCH3 is 1. The molecule has 0 fully saturated rings. The van der Waals surface area contributed by atoms with Crippen LogP contribution >= 0.6 is 23.2 Å². The number of benzene rings is 1. The maximum absolute atomic E-state index is 5.97. The minimum absolute atomic E-state index is 0.0102. The summed E-state index contributed by atoms with van der Waals surface area (Å²) in [6, 6.07) is 4.81. The number of hydrogen-bond acceptors (Lipinski definition) is 7. The van der Waals surface area contributed by atoms with Crippen molar-refractivity contribution in [2.24, 2.45) is 5.84 Å². The summed E-state index contributed by atoms with van der Waals surface area (Å²) in [5.74, 6) is 5.68. The third-order valence-corrected chi connectivity index (χ3v) is 2.53. The molecule has 7 nitrogen and oxygen atoms in total. The van der Waals surface area contributed by atoms with Gasteiger partial charge in [-0.05, 0) is 18.2 Å². The summed E-state index contributed by atoms with van der Waals surface area (Å²) < 4.78 is 10.3. The largest absolute Gasteiger partial charge is 0.467 e. The third kappa shape index (κ3) is 3.34. The smallest absolute Gasteiger partial charge is 0.330 e. The van der Waals surface area contributed by atoms with Gasteiger partial charge in [0.25, 0.3) is 0 Å². The highest BCUT2D eigenvalue weighted by molar-refractivity contribution is 6.35. The van der Waals surface area contributed by atoms with Crippen molar-refractivity contribution in [3.8, 4) is 17.8 Å². The summed E-state index contributed by atoms with van der Waals surface area (Å²) in [5.41, 5.74) is 2.28. The first kappa shape index (κ1) is 13.6. The van der Waals surface area contributed by atoms with Crippen LogP contribution in [0.25, 0.3) is 0 Å². The fourth-order valence-corrected chi connectivity index (χ4v) is 1.64. The zero-order valence-electron chi connectivity index (χ0n) is 9.72. The van der Waals surface area contributed by atoms with Crippen LogP contribution in [0.2, 0.25) is 10.0 Å². The van der Waals surface area contributed by atoms with E-state index in [1.807, 2.05) is 0 Å². The Morgan fingerprint density at radius 2 is 1.89 bits per heavy atom. The molecule has 0 spiro atoms. The van der Waals surface area contributed by atoms with Crippen molar-refractivity contribution in [3.63, 3.8) is 0 Å². The number of nitrogen functional groups attached to an aromatic ring is 1. The SMILES string of the molecule is COc1nc(NN)nc(Oc2ccc(Cl)cc2Cl)n1. The van der Waals surface area contributed by atoms with E-state index in [0.29, 0.717) is 15.8 Å². The summed E-state index contributed by atoms with van der Waals surface area (Å²) in [4.78, 5) is 11.6. The van der Waals surface area contributed by atoms with Crippen molar-refractivity contribution in [3.05, 3.63) is 28.2 Å². The van der Waals surface area contributed by atoms with Gasteiger partial charge in [-0.25, -0.2) is 5.84 Å². The Kier molecular flexibility index (Phi) is 4.20. The first-order valence-corrected chi connectivity index (χ1v) is 5.77. The average molecular weight is 302 g/mol. The monoisotopic (exact) mass is 301 g/mol. The minimum atomic E-state index is -0.0102. The predicted octanol–water partition coefficient (Wildman–Crippen LogP) is 2.26. The Balaban J connectivity index is 2.31. The molecule has 0 atom stereocenters. The molecule has 0 amide bonds. The number of nitrogens with two attached hydrogens (primary N) is 1. The number of halogens is 2. The molecular weight excluding hydrogens is 293 g/mol. The van der Waals surface area contributed by atoms with E-state index >= 15 is 0 Å². The summed E-state index contributed by atoms with van der Waals surface area (Å²) in [7, 11) is 1.41. The van der Waals surface area contributed by atoms with Gasteiger partial charge in [0.1, 0.15) is 5.75 Å². The van der Waals surface area contributed by atoms with Crippen molar-refractivity contribution in [2.45, 2.75) is 0 Å². The zero-order chi connectivity index (χ0) is 13.8. The van der Waals surface area contributed by atoms with Crippen molar-refractivity contribution in [1.82, 2.24) is 15.0 Å². The van der Waals surface area contributed by atoms with Crippen molar-refractivity contribution >= 4 is 29.2 Å². The second kappa shape index (κ2) is 5.87. The maximum Gasteiger partial charge on any atom is 0.330 e. The number of ether oxygens (including phenoxy) is 2. The zero-order valence-corrected chi connectivity index (χ0v) is 11.2. The number of anilines is 1. The van der Waals surface area contributed by atoms with Gasteiger partial charge in [-0.1, -0.05) is 23.2 Å². The van der Waals surface area contributed by atoms with E-state index < -0.39 is 0 Å². The molecule has 2 aromatic rings. The molecule has 0 bridgehead atoms. The summed E-state index contributed by atoms with van der Waals surface area (Å²) in [5, 5.41) is 0.823. The molecule has 1 aromatic carbocycles. The lowest BCUT2D eigenvalue weighted by Crippen LogP contribution is -2.12. The van der Waals surface area contributed by atoms with Crippen LogP contribution in [0, 0.1) is 0 Å². The van der Waals surface area contributed by atoms with Gasteiger partial charge >= 0.3 is 12.0 Å². The fraction of sp³-hybridized carbons (Fsp3) is 0.100. The van der Waals surface area contributed by atoms with Gasteiger partial charge in [0.2, 0.25) is 5.95 Å². The van der Waals surface area contributed by atoms with Gasteiger partial charge < -0.3 is 9.47 Å². The Hall–Kier alpha value is -1.83. The highest BCUT2D eigenvalue weighted by Crippen LogP contribution is 2.30. The molecule has 19 heavy (non-hydrogen) atoms. The highest BCUT2D eigenvalue weighted by atomic mass is 35.5. The van der Waals surface area contributed by atoms with Crippen LogP contribution in [0.5, 0.6) is 17.8 Å². The van der Waals surface area contributed by atoms with Crippen LogP contribution in [-0.4, -0.2) is 22.1 Å². The molecule has 9 heteroatoms. The number of nitrogens with one attached hydrogen (secondary N) is 1. The normalized spacial score (nSPS) is 10.1. The van der Waals surface area contributed by atoms with E-state index in [9.17, 15) is 0 Å². The van der Waals surface area contributed by atoms with Crippen molar-refractivity contribution in [2.75, 3.05) is 12.5 Å². The first-order chi connectivity index (χ1) is 9.12. The Bertz CT molecular complexity index is 574. The van der Waals surface area contributed by atoms with Gasteiger partial charge in [-0.2, -0.15) is 9.97 Å². The van der Waals surface area contributed by atoms with Crippen molar-refractivity contribution < 1.29 is 9.47 Å². The third-order valence-electron chi connectivity index (χ3n) is 2.00. The number of hydrogen-bond donors (Lipinski definition) is 2. The molecule has 1 aromatic heterocycles. The van der Waals surface area contributed by atoms with E-state index in [4.69, 9.17) is 38.5 Å². The molecule has 0 aliphatic carbocycles. The second-order valence-electron chi connectivity index (χ2n) is 3.25. The summed E-state index contributed by atoms with van der Waals surface area (Å²) in [6.07, 6.45) is 0. The topological polar surface area (TPSA) is 95.2 Å². The lowest BCUT2D eigenvalue weighted by Gasteiger charge is -2.08. The molecule has 0 saturated heterocycles. The molecular formula is C10H9Cl2N5O2.